The second kappa shape index (κ2) is 6.74. The van der Waals surface area contributed by atoms with Crippen LogP contribution in [0.5, 0.6) is 17.2 Å². The first kappa shape index (κ1) is 19.4. The number of methoxy groups -OCH3 is 1. The molecule has 3 heterocycles. The molecule has 0 radical (unpaired) electrons. The number of carbonyl (C=O) groups is 1. The smallest absolute Gasteiger partial charge is 0.414 e. The molecule has 0 atom stereocenters. The predicted octanol–water partition coefficient (Wildman–Crippen LogP) is 2.96. The topological polar surface area (TPSA) is 106 Å². The number of phenolic OH excluding ortho intramolecular Hbond substituents is 2. The van der Waals surface area contributed by atoms with Crippen LogP contribution in [0.1, 0.15) is 6.92 Å². The lowest BCUT2D eigenvalue weighted by Crippen LogP contribution is -2.49. The number of hydrogen-bond donors (Lipinski definition) is 2. The van der Waals surface area contributed by atoms with Crippen molar-refractivity contribution < 1.29 is 33.6 Å². The maximum Gasteiger partial charge on any atom is 0.414 e. The SMILES string of the molecule is COc1cc(-c2nc3ccc(N4CCOC4=O)cc3n2C2(C)COC2)c(F)c(O)c1O. The van der Waals surface area contributed by atoms with Gasteiger partial charge in [-0.15, -0.1) is 0 Å². The van der Waals surface area contributed by atoms with Gasteiger partial charge in [0.05, 0.1) is 49.0 Å². The van der Waals surface area contributed by atoms with E-state index in [2.05, 4.69) is 4.98 Å². The van der Waals surface area contributed by atoms with Crippen LogP contribution in [0, 0.1) is 5.82 Å². The Morgan fingerprint density at radius 1 is 1.23 bits per heavy atom. The lowest BCUT2D eigenvalue weighted by Gasteiger charge is -2.41. The molecule has 2 aromatic carbocycles. The molecule has 2 fully saturated rings. The maximum atomic E-state index is 15.0. The Kier molecular flexibility index (Phi) is 4.23. The Balaban J connectivity index is 1.77. The van der Waals surface area contributed by atoms with Crippen LogP contribution in [0.3, 0.4) is 0 Å². The number of nitrogens with zero attached hydrogens (tertiary/aromatic N) is 3. The average molecular weight is 429 g/mol. The molecule has 1 amide bonds. The summed E-state index contributed by atoms with van der Waals surface area (Å²) in [5.74, 6) is -2.44. The molecule has 1 aromatic heterocycles. The van der Waals surface area contributed by atoms with Gasteiger partial charge in [-0.3, -0.25) is 4.90 Å². The number of hydrogen-bond acceptors (Lipinski definition) is 7. The summed E-state index contributed by atoms with van der Waals surface area (Å²) in [6.07, 6.45) is -0.428. The molecule has 2 aliphatic rings. The fraction of sp³-hybridized carbons (Fsp3) is 0.333. The van der Waals surface area contributed by atoms with Crippen molar-refractivity contribution in [2.45, 2.75) is 12.5 Å². The summed E-state index contributed by atoms with van der Waals surface area (Å²) in [6, 6.07) is 6.59. The summed E-state index contributed by atoms with van der Waals surface area (Å²) >= 11 is 0. The molecule has 3 aromatic rings. The number of ether oxygens (including phenoxy) is 3. The second-order valence-corrected chi connectivity index (χ2v) is 7.84. The normalized spacial score (nSPS) is 17.6. The summed E-state index contributed by atoms with van der Waals surface area (Å²) < 4.78 is 32.4. The third kappa shape index (κ3) is 2.78. The molecule has 5 rings (SSSR count). The van der Waals surface area contributed by atoms with Crippen LogP contribution in [0.4, 0.5) is 14.9 Å². The monoisotopic (exact) mass is 429 g/mol. The number of rotatable bonds is 4. The van der Waals surface area contributed by atoms with Crippen LogP contribution in [0.25, 0.3) is 22.4 Å². The molecule has 31 heavy (non-hydrogen) atoms. The fourth-order valence-corrected chi connectivity index (χ4v) is 4.04. The highest BCUT2D eigenvalue weighted by molar-refractivity contribution is 5.93. The minimum atomic E-state index is -1.01. The van der Waals surface area contributed by atoms with Crippen molar-refractivity contribution in [3.8, 4) is 28.6 Å². The van der Waals surface area contributed by atoms with Crippen LogP contribution in [0.2, 0.25) is 0 Å². The predicted molar refractivity (Wildman–Crippen MR) is 108 cm³/mol. The van der Waals surface area contributed by atoms with E-state index in [4.69, 9.17) is 14.2 Å². The molecule has 0 bridgehead atoms. The van der Waals surface area contributed by atoms with Gasteiger partial charge in [0.2, 0.25) is 5.75 Å². The highest BCUT2D eigenvalue weighted by Gasteiger charge is 2.40. The summed E-state index contributed by atoms with van der Waals surface area (Å²) in [6.45, 7) is 3.45. The molecular weight excluding hydrogens is 409 g/mol. The van der Waals surface area contributed by atoms with E-state index in [0.29, 0.717) is 43.1 Å². The summed E-state index contributed by atoms with van der Waals surface area (Å²) in [7, 11) is 1.31. The van der Waals surface area contributed by atoms with Gasteiger partial charge >= 0.3 is 6.09 Å². The van der Waals surface area contributed by atoms with Gasteiger partial charge < -0.3 is 29.0 Å². The molecule has 0 saturated carbocycles. The molecule has 9 nitrogen and oxygen atoms in total. The van der Waals surface area contributed by atoms with E-state index in [0.717, 1.165) is 0 Å². The molecule has 2 saturated heterocycles. The van der Waals surface area contributed by atoms with E-state index in [1.54, 1.807) is 18.2 Å². The van der Waals surface area contributed by atoms with Gasteiger partial charge in [0.15, 0.2) is 17.3 Å². The zero-order chi connectivity index (χ0) is 21.9. The molecule has 10 heteroatoms. The summed E-state index contributed by atoms with van der Waals surface area (Å²) in [5.41, 5.74) is 1.33. The molecule has 0 spiro atoms. The number of imidazole rings is 1. The minimum Gasteiger partial charge on any atom is -0.502 e. The summed E-state index contributed by atoms with van der Waals surface area (Å²) in [4.78, 5) is 18.1. The van der Waals surface area contributed by atoms with Crippen LogP contribution >= 0.6 is 0 Å². The Hall–Kier alpha value is -3.53. The number of cyclic esters (lactones) is 1. The van der Waals surface area contributed by atoms with E-state index in [9.17, 15) is 15.0 Å². The first-order valence-corrected chi connectivity index (χ1v) is 9.68. The highest BCUT2D eigenvalue weighted by Crippen LogP contribution is 2.45. The highest BCUT2D eigenvalue weighted by atomic mass is 19.1. The Morgan fingerprint density at radius 2 is 2.00 bits per heavy atom. The quantitative estimate of drug-likeness (QED) is 0.614. The number of amides is 1. The average Bonchev–Trinajstić information content (AvgIpc) is 3.33. The van der Waals surface area contributed by atoms with Crippen LogP contribution < -0.4 is 9.64 Å². The van der Waals surface area contributed by atoms with Gasteiger partial charge in [0.1, 0.15) is 12.4 Å². The van der Waals surface area contributed by atoms with Crippen molar-refractivity contribution in [1.29, 1.82) is 0 Å². The number of carbonyl (C=O) groups excluding carboxylic acids is 1. The van der Waals surface area contributed by atoms with Crippen LogP contribution in [-0.2, 0) is 15.0 Å². The van der Waals surface area contributed by atoms with Gasteiger partial charge in [-0.25, -0.2) is 14.2 Å². The molecule has 2 aliphatic heterocycles. The van der Waals surface area contributed by atoms with Crippen molar-refractivity contribution in [2.75, 3.05) is 38.4 Å². The van der Waals surface area contributed by atoms with Gasteiger partial charge in [-0.05, 0) is 31.2 Å². The van der Waals surface area contributed by atoms with Crippen molar-refractivity contribution in [3.63, 3.8) is 0 Å². The van der Waals surface area contributed by atoms with E-state index in [-0.39, 0.29) is 17.1 Å². The Morgan fingerprint density at radius 3 is 2.61 bits per heavy atom. The fourth-order valence-electron chi connectivity index (χ4n) is 4.04. The number of fused-ring (bicyclic) bond motifs is 1. The minimum absolute atomic E-state index is 0.0291. The van der Waals surface area contributed by atoms with Gasteiger partial charge in [-0.2, -0.15) is 0 Å². The molecular formula is C21H20FN3O6. The number of halogens is 1. The Labute approximate surface area is 176 Å². The van der Waals surface area contributed by atoms with Gasteiger partial charge in [-0.1, -0.05) is 0 Å². The zero-order valence-electron chi connectivity index (χ0n) is 16.9. The largest absolute Gasteiger partial charge is 0.502 e. The van der Waals surface area contributed by atoms with Crippen LogP contribution in [-0.4, -0.2) is 59.3 Å². The molecule has 0 aliphatic carbocycles. The lowest BCUT2D eigenvalue weighted by molar-refractivity contribution is -0.0868. The molecule has 2 N–H and O–H groups in total. The van der Waals surface area contributed by atoms with E-state index in [1.807, 2.05) is 11.5 Å². The molecule has 162 valence electrons. The number of anilines is 1. The summed E-state index contributed by atoms with van der Waals surface area (Å²) in [5, 5.41) is 20.0. The Bertz CT molecular complexity index is 1220. The zero-order valence-corrected chi connectivity index (χ0v) is 16.9. The lowest BCUT2D eigenvalue weighted by atomic mass is 9.98. The molecule has 0 unspecified atom stereocenters. The van der Waals surface area contributed by atoms with Crippen molar-refractivity contribution in [3.05, 3.63) is 30.1 Å². The third-order valence-electron chi connectivity index (χ3n) is 5.71. The van der Waals surface area contributed by atoms with Crippen molar-refractivity contribution >= 4 is 22.8 Å². The number of aromatic hydroxyl groups is 2. The first-order valence-electron chi connectivity index (χ1n) is 9.68. The maximum absolute atomic E-state index is 15.0. The van der Waals surface area contributed by atoms with E-state index >= 15 is 4.39 Å². The van der Waals surface area contributed by atoms with E-state index < -0.39 is 28.9 Å². The van der Waals surface area contributed by atoms with Crippen molar-refractivity contribution in [2.24, 2.45) is 0 Å². The van der Waals surface area contributed by atoms with Crippen molar-refractivity contribution in [1.82, 2.24) is 9.55 Å². The second-order valence-electron chi connectivity index (χ2n) is 7.84. The standard InChI is InChI=1S/C21H20FN3O6/c1-21(9-30-10-21)25-14-7-11(24-5-6-31-20(24)28)3-4-13(14)23-19(25)12-8-15(29-2)17(26)18(27)16(12)22/h3-4,7-8,26-27H,5-6,9-10H2,1-2H3. The first-order chi connectivity index (χ1) is 14.8. The number of phenols is 2. The van der Waals surface area contributed by atoms with Gasteiger partial charge in [0.25, 0.3) is 0 Å². The van der Waals surface area contributed by atoms with E-state index in [1.165, 1.54) is 18.1 Å². The van der Waals surface area contributed by atoms with Gasteiger partial charge in [0, 0.05) is 5.69 Å². The third-order valence-corrected chi connectivity index (χ3v) is 5.71. The number of aromatic nitrogens is 2. The van der Waals surface area contributed by atoms with Crippen LogP contribution in [0.15, 0.2) is 24.3 Å². The number of benzene rings is 2.